The summed E-state index contributed by atoms with van der Waals surface area (Å²) in [6.07, 6.45) is 0. The highest BCUT2D eigenvalue weighted by Crippen LogP contribution is 2.35. The second kappa shape index (κ2) is 4.07. The van der Waals surface area contributed by atoms with Gasteiger partial charge in [0, 0.05) is 5.69 Å². The van der Waals surface area contributed by atoms with Crippen molar-refractivity contribution in [2.75, 3.05) is 22.5 Å². The number of nitrogens with one attached hydrogen (secondary N) is 1. The van der Waals surface area contributed by atoms with Crippen molar-refractivity contribution in [2.24, 2.45) is 0 Å². The molecule has 0 aliphatic carbocycles. The Hall–Kier alpha value is -2.49. The molecule has 0 radical (unpaired) electrons. The van der Waals surface area contributed by atoms with E-state index in [0.29, 0.717) is 12.2 Å². The minimum absolute atomic E-state index is 0.0132. The summed E-state index contributed by atoms with van der Waals surface area (Å²) in [6.45, 7) is 0.297. The van der Waals surface area contributed by atoms with Crippen molar-refractivity contribution in [3.8, 4) is 0 Å². The van der Waals surface area contributed by atoms with Crippen LogP contribution < -0.4 is 16.0 Å². The van der Waals surface area contributed by atoms with Gasteiger partial charge in [-0.3, -0.25) is 9.69 Å². The highest BCUT2D eigenvalue weighted by molar-refractivity contribution is 6.08. The van der Waals surface area contributed by atoms with Crippen LogP contribution in [-0.2, 0) is 4.79 Å². The van der Waals surface area contributed by atoms with Crippen molar-refractivity contribution in [3.63, 3.8) is 0 Å². The minimum atomic E-state index is 0.0132. The van der Waals surface area contributed by atoms with Crippen molar-refractivity contribution in [1.29, 1.82) is 0 Å². The van der Waals surface area contributed by atoms with Crippen LogP contribution >= 0.6 is 0 Å². The number of hydrogen-bond acceptors (Lipinski definition) is 3. The highest BCUT2D eigenvalue weighted by atomic mass is 16.2. The van der Waals surface area contributed by atoms with Crippen LogP contribution in [0, 0.1) is 0 Å². The highest BCUT2D eigenvalue weighted by Gasteiger charge is 2.24. The van der Waals surface area contributed by atoms with E-state index in [1.165, 1.54) is 0 Å². The van der Waals surface area contributed by atoms with Gasteiger partial charge in [-0.1, -0.05) is 18.2 Å². The molecule has 0 saturated carbocycles. The lowest BCUT2D eigenvalue weighted by atomic mass is 10.1. The zero-order chi connectivity index (χ0) is 12.5. The number of fused-ring (bicyclic) bond motifs is 1. The van der Waals surface area contributed by atoms with Gasteiger partial charge in [0.2, 0.25) is 0 Å². The summed E-state index contributed by atoms with van der Waals surface area (Å²) >= 11 is 0. The van der Waals surface area contributed by atoms with Crippen LogP contribution in [0.25, 0.3) is 0 Å². The third-order valence-electron chi connectivity index (χ3n) is 2.95. The van der Waals surface area contributed by atoms with Crippen LogP contribution in [0.2, 0.25) is 0 Å². The minimum Gasteiger partial charge on any atom is -0.399 e. The molecule has 0 spiro atoms. The van der Waals surface area contributed by atoms with E-state index >= 15 is 0 Å². The first-order chi connectivity index (χ1) is 8.75. The fraction of sp³-hybridized carbons (Fsp3) is 0.0714. The molecular weight excluding hydrogens is 226 g/mol. The third-order valence-corrected chi connectivity index (χ3v) is 2.95. The van der Waals surface area contributed by atoms with Gasteiger partial charge in [0.25, 0.3) is 5.91 Å². The monoisotopic (exact) mass is 239 g/mol. The first-order valence-corrected chi connectivity index (χ1v) is 5.77. The molecule has 0 aromatic heterocycles. The topological polar surface area (TPSA) is 58.4 Å². The molecule has 3 N–H and O–H groups in total. The molecule has 0 saturated heterocycles. The number of nitrogens with zero attached hydrogens (tertiary/aromatic N) is 1. The molecule has 2 aromatic carbocycles. The second-order valence-electron chi connectivity index (χ2n) is 4.19. The number of benzene rings is 2. The van der Waals surface area contributed by atoms with Gasteiger partial charge in [0.15, 0.2) is 0 Å². The Kier molecular flexibility index (Phi) is 2.41. The van der Waals surface area contributed by atoms with Gasteiger partial charge in [-0.25, -0.2) is 0 Å². The SMILES string of the molecule is Nc1cccc(N2C(=O)CNc3ccccc32)c1. The molecule has 4 nitrogen and oxygen atoms in total. The summed E-state index contributed by atoms with van der Waals surface area (Å²) in [6, 6.07) is 15.1. The van der Waals surface area contributed by atoms with E-state index in [4.69, 9.17) is 5.73 Å². The molecule has 0 fully saturated rings. The van der Waals surface area contributed by atoms with Gasteiger partial charge in [-0.2, -0.15) is 0 Å². The van der Waals surface area contributed by atoms with Gasteiger partial charge in [-0.15, -0.1) is 0 Å². The number of nitrogens with two attached hydrogens (primary N) is 1. The fourth-order valence-corrected chi connectivity index (χ4v) is 2.15. The lowest BCUT2D eigenvalue weighted by Gasteiger charge is -2.30. The molecule has 0 atom stereocenters. The van der Waals surface area contributed by atoms with Crippen LogP contribution in [0.3, 0.4) is 0 Å². The molecule has 18 heavy (non-hydrogen) atoms. The van der Waals surface area contributed by atoms with E-state index in [-0.39, 0.29) is 5.91 Å². The Morgan fingerprint density at radius 2 is 1.94 bits per heavy atom. The zero-order valence-electron chi connectivity index (χ0n) is 9.76. The summed E-state index contributed by atoms with van der Waals surface area (Å²) in [4.78, 5) is 13.8. The molecule has 90 valence electrons. The molecule has 0 bridgehead atoms. The van der Waals surface area contributed by atoms with Crippen LogP contribution in [0.15, 0.2) is 48.5 Å². The predicted octanol–water partition coefficient (Wildman–Crippen LogP) is 2.36. The number of rotatable bonds is 1. The van der Waals surface area contributed by atoms with Gasteiger partial charge >= 0.3 is 0 Å². The number of anilines is 4. The summed E-state index contributed by atoms with van der Waals surface area (Å²) < 4.78 is 0. The molecule has 4 heteroatoms. The van der Waals surface area contributed by atoms with Gasteiger partial charge in [-0.05, 0) is 30.3 Å². The van der Waals surface area contributed by atoms with Crippen molar-refractivity contribution < 1.29 is 4.79 Å². The number of carbonyl (C=O) groups excluding carboxylic acids is 1. The first-order valence-electron chi connectivity index (χ1n) is 5.77. The summed E-state index contributed by atoms with van der Waals surface area (Å²) in [5.74, 6) is 0.0132. The Morgan fingerprint density at radius 1 is 1.11 bits per heavy atom. The number of amides is 1. The molecule has 1 heterocycles. The number of para-hydroxylation sites is 2. The molecule has 3 rings (SSSR count). The molecule has 2 aromatic rings. The number of nitrogen functional groups attached to an aromatic ring is 1. The summed E-state index contributed by atoms with van der Waals surface area (Å²) in [7, 11) is 0. The molecule has 1 aliphatic heterocycles. The van der Waals surface area contributed by atoms with Crippen molar-refractivity contribution >= 4 is 28.7 Å². The van der Waals surface area contributed by atoms with Crippen LogP contribution in [0.4, 0.5) is 22.7 Å². The van der Waals surface area contributed by atoms with E-state index in [9.17, 15) is 4.79 Å². The van der Waals surface area contributed by atoms with Gasteiger partial charge < -0.3 is 11.1 Å². The van der Waals surface area contributed by atoms with Crippen LogP contribution in [0.5, 0.6) is 0 Å². The second-order valence-corrected chi connectivity index (χ2v) is 4.19. The molecular formula is C14H13N3O. The quantitative estimate of drug-likeness (QED) is 0.751. The van der Waals surface area contributed by atoms with Crippen molar-refractivity contribution in [3.05, 3.63) is 48.5 Å². The predicted molar refractivity (Wildman–Crippen MR) is 72.9 cm³/mol. The Labute approximate surface area is 105 Å². The lowest BCUT2D eigenvalue weighted by molar-refractivity contribution is -0.116. The normalized spacial score (nSPS) is 14.0. The van der Waals surface area contributed by atoms with Crippen LogP contribution in [-0.4, -0.2) is 12.5 Å². The van der Waals surface area contributed by atoms with E-state index < -0.39 is 0 Å². The van der Waals surface area contributed by atoms with E-state index in [2.05, 4.69) is 5.32 Å². The Morgan fingerprint density at radius 3 is 2.78 bits per heavy atom. The Balaban J connectivity index is 2.13. The number of carbonyl (C=O) groups is 1. The largest absolute Gasteiger partial charge is 0.399 e. The first kappa shape index (κ1) is 10.7. The summed E-state index contributed by atoms with van der Waals surface area (Å²) in [5.41, 5.74) is 9.04. The average molecular weight is 239 g/mol. The van der Waals surface area contributed by atoms with Gasteiger partial charge in [0.05, 0.1) is 23.6 Å². The number of hydrogen-bond donors (Lipinski definition) is 2. The zero-order valence-corrected chi connectivity index (χ0v) is 9.76. The summed E-state index contributed by atoms with van der Waals surface area (Å²) in [5, 5.41) is 3.10. The van der Waals surface area contributed by atoms with E-state index in [1.807, 2.05) is 42.5 Å². The Bertz CT molecular complexity index is 609. The maximum Gasteiger partial charge on any atom is 0.250 e. The van der Waals surface area contributed by atoms with Crippen molar-refractivity contribution in [2.45, 2.75) is 0 Å². The molecule has 0 unspecified atom stereocenters. The van der Waals surface area contributed by atoms with Crippen LogP contribution in [0.1, 0.15) is 0 Å². The average Bonchev–Trinajstić information content (AvgIpc) is 2.38. The van der Waals surface area contributed by atoms with E-state index in [0.717, 1.165) is 17.1 Å². The maximum absolute atomic E-state index is 12.1. The molecule has 1 amide bonds. The maximum atomic E-state index is 12.1. The smallest absolute Gasteiger partial charge is 0.250 e. The standard InChI is InChI=1S/C14H13N3O/c15-10-4-3-5-11(8-10)17-13-7-2-1-6-12(13)16-9-14(17)18/h1-8,16H,9,15H2. The van der Waals surface area contributed by atoms with Crippen molar-refractivity contribution in [1.82, 2.24) is 0 Å². The molecule has 1 aliphatic rings. The lowest BCUT2D eigenvalue weighted by Crippen LogP contribution is -2.36. The van der Waals surface area contributed by atoms with Gasteiger partial charge in [0.1, 0.15) is 0 Å². The third kappa shape index (κ3) is 1.68. The van der Waals surface area contributed by atoms with E-state index in [1.54, 1.807) is 11.0 Å². The fourth-order valence-electron chi connectivity index (χ4n) is 2.15.